The maximum atomic E-state index is 3.77. The molecule has 1 atom stereocenters. The third kappa shape index (κ3) is 4.13. The maximum absolute atomic E-state index is 3.77. The molecule has 2 rings (SSSR count). The molecule has 1 aromatic rings. The van der Waals surface area contributed by atoms with Crippen molar-refractivity contribution in [1.29, 1.82) is 0 Å². The van der Waals surface area contributed by atoms with Crippen molar-refractivity contribution in [2.45, 2.75) is 52.0 Å². The van der Waals surface area contributed by atoms with Gasteiger partial charge in [-0.05, 0) is 36.8 Å². The van der Waals surface area contributed by atoms with Crippen molar-refractivity contribution in [2.75, 3.05) is 6.54 Å². The molecule has 1 N–H and O–H groups in total. The normalized spacial score (nSPS) is 17.7. The molecule has 0 bridgehead atoms. The van der Waals surface area contributed by atoms with Gasteiger partial charge in [-0.3, -0.25) is 0 Å². The first kappa shape index (κ1) is 13.6. The molecule has 0 amide bonds. The van der Waals surface area contributed by atoms with E-state index in [2.05, 4.69) is 49.5 Å². The van der Waals surface area contributed by atoms with Crippen LogP contribution < -0.4 is 5.32 Å². The summed E-state index contributed by atoms with van der Waals surface area (Å²) in [7, 11) is 0. The zero-order valence-corrected chi connectivity index (χ0v) is 11.9. The van der Waals surface area contributed by atoms with Crippen molar-refractivity contribution >= 4 is 0 Å². The fourth-order valence-electron chi connectivity index (χ4n) is 2.74. The second kappa shape index (κ2) is 6.94. The lowest BCUT2D eigenvalue weighted by atomic mass is 9.83. The van der Waals surface area contributed by atoms with Gasteiger partial charge in [0.25, 0.3) is 0 Å². The van der Waals surface area contributed by atoms with Crippen LogP contribution in [-0.2, 0) is 0 Å². The molecule has 1 aromatic carbocycles. The fraction of sp³-hybridized carbons (Fsp3) is 0.647. The molecule has 1 aliphatic carbocycles. The number of benzene rings is 1. The molecule has 18 heavy (non-hydrogen) atoms. The summed E-state index contributed by atoms with van der Waals surface area (Å²) >= 11 is 0. The number of hydrogen-bond donors (Lipinski definition) is 1. The van der Waals surface area contributed by atoms with Gasteiger partial charge in [0.1, 0.15) is 0 Å². The highest BCUT2D eigenvalue weighted by molar-refractivity contribution is 5.18. The predicted molar refractivity (Wildman–Crippen MR) is 78.6 cm³/mol. The third-order valence-corrected chi connectivity index (χ3v) is 4.08. The van der Waals surface area contributed by atoms with Crippen LogP contribution in [-0.4, -0.2) is 6.54 Å². The molecule has 1 nitrogen and oxygen atoms in total. The summed E-state index contributed by atoms with van der Waals surface area (Å²) in [6, 6.07) is 11.4. The summed E-state index contributed by atoms with van der Waals surface area (Å²) in [5.74, 6) is 1.75. The van der Waals surface area contributed by atoms with E-state index in [1.54, 1.807) is 0 Å². The molecular formula is C17H27N. The first-order valence-electron chi connectivity index (χ1n) is 7.54. The van der Waals surface area contributed by atoms with Crippen molar-refractivity contribution < 1.29 is 0 Å². The van der Waals surface area contributed by atoms with Gasteiger partial charge in [-0.25, -0.2) is 0 Å². The Kier molecular flexibility index (Phi) is 5.25. The molecule has 1 fully saturated rings. The van der Waals surface area contributed by atoms with Crippen LogP contribution in [0.25, 0.3) is 0 Å². The van der Waals surface area contributed by atoms with Crippen LogP contribution in [0.5, 0.6) is 0 Å². The average Bonchev–Trinajstić information content (AvgIpc) is 2.31. The maximum Gasteiger partial charge on any atom is 0.0322 e. The fourth-order valence-corrected chi connectivity index (χ4v) is 2.74. The Morgan fingerprint density at radius 1 is 1.17 bits per heavy atom. The van der Waals surface area contributed by atoms with E-state index in [0.29, 0.717) is 6.04 Å². The topological polar surface area (TPSA) is 12.0 Å². The minimum Gasteiger partial charge on any atom is -0.310 e. The van der Waals surface area contributed by atoms with Gasteiger partial charge in [0.2, 0.25) is 0 Å². The molecule has 0 radical (unpaired) electrons. The van der Waals surface area contributed by atoms with Crippen LogP contribution in [0.15, 0.2) is 30.3 Å². The Bertz CT molecular complexity index is 327. The molecule has 0 aromatic heterocycles. The molecule has 0 saturated heterocycles. The van der Waals surface area contributed by atoms with Gasteiger partial charge < -0.3 is 5.32 Å². The SMILES string of the molecule is CC(C)CC(NCCC1CCC1)c1ccccc1. The van der Waals surface area contributed by atoms with Gasteiger partial charge in [0.15, 0.2) is 0 Å². The molecule has 1 heteroatoms. The van der Waals surface area contributed by atoms with E-state index in [-0.39, 0.29) is 0 Å². The quantitative estimate of drug-likeness (QED) is 0.743. The van der Waals surface area contributed by atoms with E-state index in [4.69, 9.17) is 0 Å². The summed E-state index contributed by atoms with van der Waals surface area (Å²) in [5, 5.41) is 3.77. The lowest BCUT2D eigenvalue weighted by Gasteiger charge is -2.27. The minimum atomic E-state index is 0.534. The zero-order chi connectivity index (χ0) is 12.8. The third-order valence-electron chi connectivity index (χ3n) is 4.08. The number of rotatable bonds is 7. The number of nitrogens with one attached hydrogen (secondary N) is 1. The van der Waals surface area contributed by atoms with E-state index in [9.17, 15) is 0 Å². The van der Waals surface area contributed by atoms with Crippen LogP contribution in [0, 0.1) is 11.8 Å². The van der Waals surface area contributed by atoms with Crippen LogP contribution in [0.4, 0.5) is 0 Å². The van der Waals surface area contributed by atoms with E-state index < -0.39 is 0 Å². The highest BCUT2D eigenvalue weighted by atomic mass is 14.9. The molecule has 100 valence electrons. The first-order chi connectivity index (χ1) is 8.75. The standard InChI is InChI=1S/C17H27N/c1-14(2)13-17(16-9-4-3-5-10-16)18-12-11-15-7-6-8-15/h3-5,9-10,14-15,17-18H,6-8,11-13H2,1-2H3. The van der Waals surface area contributed by atoms with Gasteiger partial charge in [0, 0.05) is 6.04 Å². The van der Waals surface area contributed by atoms with E-state index >= 15 is 0 Å². The van der Waals surface area contributed by atoms with Crippen LogP contribution in [0.3, 0.4) is 0 Å². The lowest BCUT2D eigenvalue weighted by molar-refractivity contribution is 0.284. The van der Waals surface area contributed by atoms with Gasteiger partial charge in [-0.1, -0.05) is 63.4 Å². The van der Waals surface area contributed by atoms with Crippen molar-refractivity contribution in [2.24, 2.45) is 11.8 Å². The smallest absolute Gasteiger partial charge is 0.0322 e. The van der Waals surface area contributed by atoms with E-state index in [1.807, 2.05) is 0 Å². The van der Waals surface area contributed by atoms with Crippen molar-refractivity contribution in [3.63, 3.8) is 0 Å². The monoisotopic (exact) mass is 245 g/mol. The van der Waals surface area contributed by atoms with Gasteiger partial charge in [-0.15, -0.1) is 0 Å². The largest absolute Gasteiger partial charge is 0.310 e. The lowest BCUT2D eigenvalue weighted by Crippen LogP contribution is -2.26. The molecule has 1 unspecified atom stereocenters. The van der Waals surface area contributed by atoms with Crippen molar-refractivity contribution in [3.05, 3.63) is 35.9 Å². The molecule has 1 saturated carbocycles. The van der Waals surface area contributed by atoms with Crippen LogP contribution >= 0.6 is 0 Å². The second-order valence-corrected chi connectivity index (χ2v) is 6.13. The van der Waals surface area contributed by atoms with Gasteiger partial charge in [-0.2, -0.15) is 0 Å². The van der Waals surface area contributed by atoms with Gasteiger partial charge in [0.05, 0.1) is 0 Å². The Morgan fingerprint density at radius 3 is 2.44 bits per heavy atom. The first-order valence-corrected chi connectivity index (χ1v) is 7.54. The molecule has 0 heterocycles. The minimum absolute atomic E-state index is 0.534. The van der Waals surface area contributed by atoms with E-state index in [0.717, 1.165) is 11.8 Å². The Morgan fingerprint density at radius 2 is 1.89 bits per heavy atom. The summed E-state index contributed by atoms with van der Waals surface area (Å²) in [6.45, 7) is 5.80. The van der Waals surface area contributed by atoms with Crippen LogP contribution in [0.2, 0.25) is 0 Å². The summed E-state index contributed by atoms with van der Waals surface area (Å²) in [4.78, 5) is 0. The van der Waals surface area contributed by atoms with Crippen LogP contribution in [0.1, 0.15) is 57.6 Å². The molecular weight excluding hydrogens is 218 g/mol. The molecule has 0 spiro atoms. The average molecular weight is 245 g/mol. The second-order valence-electron chi connectivity index (χ2n) is 6.13. The highest BCUT2D eigenvalue weighted by Gasteiger charge is 2.18. The highest BCUT2D eigenvalue weighted by Crippen LogP contribution is 2.29. The summed E-state index contributed by atoms with van der Waals surface area (Å²) in [5.41, 5.74) is 1.44. The Hall–Kier alpha value is -0.820. The molecule has 0 aliphatic heterocycles. The van der Waals surface area contributed by atoms with Crippen molar-refractivity contribution in [3.8, 4) is 0 Å². The molecule has 1 aliphatic rings. The number of hydrogen-bond acceptors (Lipinski definition) is 1. The predicted octanol–water partition coefficient (Wildman–Crippen LogP) is 4.55. The Labute approximate surface area is 112 Å². The van der Waals surface area contributed by atoms with Gasteiger partial charge >= 0.3 is 0 Å². The summed E-state index contributed by atoms with van der Waals surface area (Å²) in [6.07, 6.45) is 6.97. The summed E-state index contributed by atoms with van der Waals surface area (Å²) < 4.78 is 0. The zero-order valence-electron chi connectivity index (χ0n) is 11.9. The van der Waals surface area contributed by atoms with E-state index in [1.165, 1.54) is 44.2 Å². The van der Waals surface area contributed by atoms with Crippen molar-refractivity contribution in [1.82, 2.24) is 5.32 Å². The Balaban J connectivity index is 1.84.